The van der Waals surface area contributed by atoms with Gasteiger partial charge in [0.15, 0.2) is 6.61 Å². The lowest BCUT2D eigenvalue weighted by atomic mass is 10.3. The van der Waals surface area contributed by atoms with Crippen LogP contribution in [0.1, 0.15) is 10.5 Å². The summed E-state index contributed by atoms with van der Waals surface area (Å²) in [5.74, 6) is -1.42. The molecule has 0 aliphatic heterocycles. The molecule has 0 saturated heterocycles. The van der Waals surface area contributed by atoms with Gasteiger partial charge in [-0.15, -0.1) is 0 Å². The van der Waals surface area contributed by atoms with Gasteiger partial charge in [-0.3, -0.25) is 4.79 Å². The van der Waals surface area contributed by atoms with Gasteiger partial charge in [0.05, 0.1) is 6.20 Å². The maximum absolute atomic E-state index is 10.4. The Morgan fingerprint density at radius 2 is 2.21 bits per heavy atom. The van der Waals surface area contributed by atoms with Crippen LogP contribution in [0.3, 0.4) is 0 Å². The number of nitrogens with two attached hydrogens (primary N) is 1. The van der Waals surface area contributed by atoms with Crippen LogP contribution in [0.25, 0.3) is 0 Å². The number of hydrogen-bond acceptors (Lipinski definition) is 4. The molecule has 1 aromatic rings. The molecule has 0 aliphatic rings. The van der Waals surface area contributed by atoms with Crippen molar-refractivity contribution in [1.29, 1.82) is 0 Å². The lowest BCUT2D eigenvalue weighted by Crippen LogP contribution is -2.20. The Morgan fingerprint density at radius 1 is 1.50 bits per heavy atom. The molecule has 3 N–H and O–H groups in total. The zero-order valence-corrected chi connectivity index (χ0v) is 7.14. The number of carbonyl (C=O) groups is 2. The third-order valence-electron chi connectivity index (χ3n) is 1.34. The summed E-state index contributed by atoms with van der Waals surface area (Å²) in [7, 11) is 0. The maximum atomic E-state index is 10.4. The molecule has 0 aromatic carbocycles. The fraction of sp³-hybridized carbons (Fsp3) is 0.125. The van der Waals surface area contributed by atoms with Crippen molar-refractivity contribution in [3.05, 3.63) is 24.0 Å². The molecule has 0 spiro atoms. The van der Waals surface area contributed by atoms with E-state index in [2.05, 4.69) is 4.98 Å². The van der Waals surface area contributed by atoms with Crippen molar-refractivity contribution in [3.8, 4) is 5.75 Å². The second kappa shape index (κ2) is 4.22. The highest BCUT2D eigenvalue weighted by Crippen LogP contribution is 2.08. The number of carboxylic acids is 1. The molecule has 0 fully saturated rings. The van der Waals surface area contributed by atoms with Gasteiger partial charge in [0, 0.05) is 0 Å². The molecule has 6 nitrogen and oxygen atoms in total. The lowest BCUT2D eigenvalue weighted by molar-refractivity contribution is -0.119. The van der Waals surface area contributed by atoms with Crippen molar-refractivity contribution in [2.45, 2.75) is 0 Å². The lowest BCUT2D eigenvalue weighted by Gasteiger charge is -2.02. The van der Waals surface area contributed by atoms with Crippen LogP contribution < -0.4 is 10.5 Å². The topological polar surface area (TPSA) is 103 Å². The minimum Gasteiger partial charge on any atom is -0.482 e. The third-order valence-corrected chi connectivity index (χ3v) is 1.34. The molecule has 1 aromatic heterocycles. The van der Waals surface area contributed by atoms with Crippen LogP contribution in [0.15, 0.2) is 18.3 Å². The SMILES string of the molecule is NC(=O)COc1ccc(C(=O)O)nc1. The van der Waals surface area contributed by atoms with Gasteiger partial charge in [-0.25, -0.2) is 9.78 Å². The Balaban J connectivity index is 2.64. The van der Waals surface area contributed by atoms with E-state index in [1.807, 2.05) is 0 Å². The van der Waals surface area contributed by atoms with E-state index < -0.39 is 11.9 Å². The van der Waals surface area contributed by atoms with E-state index >= 15 is 0 Å². The zero-order valence-electron chi connectivity index (χ0n) is 7.14. The second-order valence-corrected chi connectivity index (χ2v) is 2.44. The van der Waals surface area contributed by atoms with Crippen LogP contribution in [0, 0.1) is 0 Å². The summed E-state index contributed by atoms with van der Waals surface area (Å²) in [5.41, 5.74) is 4.75. The smallest absolute Gasteiger partial charge is 0.354 e. The van der Waals surface area contributed by atoms with Crippen LogP contribution in [0.4, 0.5) is 0 Å². The molecular formula is C8H8N2O4. The highest BCUT2D eigenvalue weighted by Gasteiger charge is 2.04. The molecule has 1 rings (SSSR count). The Labute approximate surface area is 79.3 Å². The van der Waals surface area contributed by atoms with Crippen LogP contribution in [0.5, 0.6) is 5.75 Å². The van der Waals surface area contributed by atoms with Gasteiger partial charge in [0.1, 0.15) is 11.4 Å². The van der Waals surface area contributed by atoms with Gasteiger partial charge >= 0.3 is 5.97 Å². The van der Waals surface area contributed by atoms with Gasteiger partial charge in [-0.1, -0.05) is 0 Å². The number of amides is 1. The highest BCUT2D eigenvalue weighted by atomic mass is 16.5. The monoisotopic (exact) mass is 196 g/mol. The summed E-state index contributed by atoms with van der Waals surface area (Å²) < 4.78 is 4.87. The Hall–Kier alpha value is -2.11. The summed E-state index contributed by atoms with van der Waals surface area (Å²) in [4.78, 5) is 24.3. The van der Waals surface area contributed by atoms with Crippen LogP contribution >= 0.6 is 0 Å². The predicted octanol–water partition coefficient (Wildman–Crippen LogP) is -0.356. The van der Waals surface area contributed by atoms with Crippen molar-refractivity contribution in [3.63, 3.8) is 0 Å². The summed E-state index contributed by atoms with van der Waals surface area (Å²) in [6.07, 6.45) is 1.21. The van der Waals surface area contributed by atoms with Crippen LogP contribution in [0.2, 0.25) is 0 Å². The molecule has 0 radical (unpaired) electrons. The fourth-order valence-electron chi connectivity index (χ4n) is 0.747. The van der Waals surface area contributed by atoms with Gasteiger partial charge in [-0.2, -0.15) is 0 Å². The van der Waals surface area contributed by atoms with Gasteiger partial charge in [-0.05, 0) is 12.1 Å². The summed E-state index contributed by atoms with van der Waals surface area (Å²) in [5, 5.41) is 8.52. The van der Waals surface area contributed by atoms with Crippen LogP contribution in [-0.2, 0) is 4.79 Å². The largest absolute Gasteiger partial charge is 0.482 e. The number of aromatic carboxylic acids is 1. The molecule has 0 bridgehead atoms. The number of hydrogen-bond donors (Lipinski definition) is 2. The Kier molecular flexibility index (Phi) is 3.01. The third kappa shape index (κ3) is 2.74. The highest BCUT2D eigenvalue weighted by molar-refractivity contribution is 5.85. The molecule has 1 amide bonds. The number of pyridine rings is 1. The van der Waals surface area contributed by atoms with Gasteiger partial charge in [0.25, 0.3) is 5.91 Å². The zero-order chi connectivity index (χ0) is 10.6. The number of rotatable bonds is 4. The van der Waals surface area contributed by atoms with E-state index in [1.54, 1.807) is 0 Å². The fourth-order valence-corrected chi connectivity index (χ4v) is 0.747. The summed E-state index contributed by atoms with van der Waals surface area (Å²) in [6.45, 7) is -0.256. The molecular weight excluding hydrogens is 188 g/mol. The number of aromatic nitrogens is 1. The van der Waals surface area contributed by atoms with Crippen LogP contribution in [-0.4, -0.2) is 28.6 Å². The maximum Gasteiger partial charge on any atom is 0.354 e. The molecule has 0 atom stereocenters. The molecule has 0 saturated carbocycles. The van der Waals surface area contributed by atoms with E-state index in [0.29, 0.717) is 5.75 Å². The first-order valence-corrected chi connectivity index (χ1v) is 3.70. The molecule has 1 heterocycles. The van der Waals surface area contributed by atoms with E-state index in [4.69, 9.17) is 15.6 Å². The molecule has 0 aliphatic carbocycles. The van der Waals surface area contributed by atoms with E-state index in [-0.39, 0.29) is 12.3 Å². The average molecular weight is 196 g/mol. The Morgan fingerprint density at radius 3 is 2.64 bits per heavy atom. The minimum absolute atomic E-state index is 0.0866. The Bertz CT molecular complexity index is 347. The second-order valence-electron chi connectivity index (χ2n) is 2.44. The van der Waals surface area contributed by atoms with Crippen molar-refractivity contribution < 1.29 is 19.4 Å². The summed E-state index contributed by atoms with van der Waals surface area (Å²) >= 11 is 0. The van der Waals surface area contributed by atoms with Crippen molar-refractivity contribution >= 4 is 11.9 Å². The standard InChI is InChI=1S/C8H8N2O4/c9-7(11)4-14-5-1-2-6(8(12)13)10-3-5/h1-3H,4H2,(H2,9,11)(H,12,13). The molecule has 6 heteroatoms. The first kappa shape index (κ1) is 9.97. The van der Waals surface area contributed by atoms with Crippen molar-refractivity contribution in [2.24, 2.45) is 5.73 Å². The van der Waals surface area contributed by atoms with Gasteiger partial charge in [0.2, 0.25) is 0 Å². The molecule has 0 unspecified atom stereocenters. The predicted molar refractivity (Wildman–Crippen MR) is 45.9 cm³/mol. The number of nitrogens with zero attached hydrogens (tertiary/aromatic N) is 1. The first-order chi connectivity index (χ1) is 6.59. The van der Waals surface area contributed by atoms with E-state index in [9.17, 15) is 9.59 Å². The first-order valence-electron chi connectivity index (χ1n) is 3.70. The number of carboxylic acid groups (broad SMARTS) is 1. The van der Waals surface area contributed by atoms with Crippen molar-refractivity contribution in [1.82, 2.24) is 4.98 Å². The van der Waals surface area contributed by atoms with Crippen molar-refractivity contribution in [2.75, 3.05) is 6.61 Å². The number of carbonyl (C=O) groups excluding carboxylic acids is 1. The quantitative estimate of drug-likeness (QED) is 0.684. The average Bonchev–Trinajstić information content (AvgIpc) is 2.15. The number of primary amides is 1. The molecule has 14 heavy (non-hydrogen) atoms. The normalized spacial score (nSPS) is 9.43. The molecule has 74 valence electrons. The number of ether oxygens (including phenoxy) is 1. The van der Waals surface area contributed by atoms with E-state index in [1.165, 1.54) is 18.3 Å². The van der Waals surface area contributed by atoms with E-state index in [0.717, 1.165) is 0 Å². The summed E-state index contributed by atoms with van der Waals surface area (Å²) in [6, 6.07) is 2.68. The minimum atomic E-state index is -1.12. The van der Waals surface area contributed by atoms with Gasteiger partial charge < -0.3 is 15.6 Å².